The van der Waals surface area contributed by atoms with Gasteiger partial charge in [0, 0.05) is 24.8 Å². The van der Waals surface area contributed by atoms with Gasteiger partial charge in [0.05, 0.1) is 0 Å². The summed E-state index contributed by atoms with van der Waals surface area (Å²) in [6.45, 7) is 7.81. The quantitative estimate of drug-likeness (QED) is 0.863. The molecule has 2 heterocycles. The van der Waals surface area contributed by atoms with E-state index in [1.807, 2.05) is 20.8 Å². The molecule has 1 aromatic heterocycles. The van der Waals surface area contributed by atoms with Crippen molar-refractivity contribution in [3.05, 3.63) is 18.0 Å². The fourth-order valence-corrected chi connectivity index (χ4v) is 1.95. The molecule has 98 valence electrons. The first-order valence-electron chi connectivity index (χ1n) is 6.36. The number of hydrogen-bond acceptors (Lipinski definition) is 4. The van der Waals surface area contributed by atoms with Gasteiger partial charge in [-0.15, -0.1) is 0 Å². The zero-order valence-electron chi connectivity index (χ0n) is 11.2. The Morgan fingerprint density at radius 3 is 2.61 bits per heavy atom. The molecule has 0 unspecified atom stereocenters. The number of anilines is 1. The van der Waals surface area contributed by atoms with Crippen molar-refractivity contribution in [2.75, 3.05) is 18.0 Å². The van der Waals surface area contributed by atoms with Crippen LogP contribution in [-0.4, -0.2) is 34.5 Å². The van der Waals surface area contributed by atoms with Crippen LogP contribution >= 0.6 is 0 Å². The summed E-state index contributed by atoms with van der Waals surface area (Å²) < 4.78 is 0. The number of hydrogen-bond donors (Lipinski definition) is 1. The predicted molar refractivity (Wildman–Crippen MR) is 70.7 cm³/mol. The van der Waals surface area contributed by atoms with E-state index in [-0.39, 0.29) is 11.4 Å². The van der Waals surface area contributed by atoms with Gasteiger partial charge >= 0.3 is 0 Å². The molecule has 0 radical (unpaired) electrons. The van der Waals surface area contributed by atoms with E-state index in [1.165, 1.54) is 12.8 Å². The molecule has 1 aromatic rings. The number of carbonyl (C=O) groups excluding carboxylic acids is 1. The van der Waals surface area contributed by atoms with Crippen molar-refractivity contribution in [1.82, 2.24) is 15.3 Å². The molecule has 5 nitrogen and oxygen atoms in total. The summed E-state index contributed by atoms with van der Waals surface area (Å²) >= 11 is 0. The van der Waals surface area contributed by atoms with E-state index in [0.29, 0.717) is 11.6 Å². The number of aromatic nitrogens is 2. The van der Waals surface area contributed by atoms with E-state index in [4.69, 9.17) is 0 Å². The van der Waals surface area contributed by atoms with E-state index < -0.39 is 0 Å². The lowest BCUT2D eigenvalue weighted by Gasteiger charge is -2.21. The van der Waals surface area contributed by atoms with Crippen molar-refractivity contribution in [3.63, 3.8) is 0 Å². The van der Waals surface area contributed by atoms with E-state index >= 15 is 0 Å². The number of nitrogens with zero attached hydrogens (tertiary/aromatic N) is 3. The molecule has 0 bridgehead atoms. The van der Waals surface area contributed by atoms with E-state index in [9.17, 15) is 4.79 Å². The average Bonchev–Trinajstić information content (AvgIpc) is 2.80. The van der Waals surface area contributed by atoms with Crippen molar-refractivity contribution in [3.8, 4) is 0 Å². The van der Waals surface area contributed by atoms with E-state index in [1.54, 1.807) is 12.3 Å². The highest BCUT2D eigenvalue weighted by Crippen LogP contribution is 2.15. The van der Waals surface area contributed by atoms with Crippen molar-refractivity contribution < 1.29 is 4.79 Å². The Morgan fingerprint density at radius 1 is 1.33 bits per heavy atom. The summed E-state index contributed by atoms with van der Waals surface area (Å²) in [4.78, 5) is 22.7. The molecule has 0 aliphatic carbocycles. The molecule has 2 rings (SSSR count). The van der Waals surface area contributed by atoms with Crippen molar-refractivity contribution in [2.24, 2.45) is 0 Å². The third-order valence-electron chi connectivity index (χ3n) is 2.75. The Kier molecular flexibility index (Phi) is 3.50. The highest BCUT2D eigenvalue weighted by Gasteiger charge is 2.19. The second kappa shape index (κ2) is 4.92. The molecule has 0 spiro atoms. The van der Waals surface area contributed by atoms with Crippen LogP contribution in [0.15, 0.2) is 12.3 Å². The molecule has 1 amide bonds. The molecule has 1 fully saturated rings. The van der Waals surface area contributed by atoms with Gasteiger partial charge in [-0.2, -0.15) is 0 Å². The lowest BCUT2D eigenvalue weighted by molar-refractivity contribution is 0.0914. The number of carbonyl (C=O) groups is 1. The Hall–Kier alpha value is -1.65. The second-order valence-electron chi connectivity index (χ2n) is 5.64. The van der Waals surface area contributed by atoms with Crippen LogP contribution in [0.4, 0.5) is 5.95 Å². The van der Waals surface area contributed by atoms with Gasteiger partial charge in [-0.25, -0.2) is 9.97 Å². The van der Waals surface area contributed by atoms with Gasteiger partial charge in [-0.1, -0.05) is 0 Å². The summed E-state index contributed by atoms with van der Waals surface area (Å²) in [5.74, 6) is 0.513. The largest absolute Gasteiger partial charge is 0.346 e. The van der Waals surface area contributed by atoms with Crippen LogP contribution < -0.4 is 10.2 Å². The lowest BCUT2D eigenvalue weighted by atomic mass is 10.1. The van der Waals surface area contributed by atoms with Gasteiger partial charge in [-0.3, -0.25) is 4.79 Å². The summed E-state index contributed by atoms with van der Waals surface area (Å²) in [7, 11) is 0. The molecule has 1 saturated heterocycles. The lowest BCUT2D eigenvalue weighted by Crippen LogP contribution is -2.41. The van der Waals surface area contributed by atoms with Crippen LogP contribution in [0.3, 0.4) is 0 Å². The van der Waals surface area contributed by atoms with Gasteiger partial charge in [0.15, 0.2) is 0 Å². The topological polar surface area (TPSA) is 58.1 Å². The number of nitrogens with one attached hydrogen (secondary N) is 1. The van der Waals surface area contributed by atoms with Gasteiger partial charge in [-0.05, 0) is 39.7 Å². The predicted octanol–water partition coefficient (Wildman–Crippen LogP) is 1.61. The van der Waals surface area contributed by atoms with Crippen LogP contribution in [0.1, 0.15) is 44.1 Å². The van der Waals surface area contributed by atoms with Crippen LogP contribution in [0.25, 0.3) is 0 Å². The van der Waals surface area contributed by atoms with Crippen LogP contribution in [0.2, 0.25) is 0 Å². The monoisotopic (exact) mass is 248 g/mol. The third kappa shape index (κ3) is 3.18. The summed E-state index contributed by atoms with van der Waals surface area (Å²) in [5.41, 5.74) is 0.178. The zero-order chi connectivity index (χ0) is 13.2. The summed E-state index contributed by atoms with van der Waals surface area (Å²) in [6, 6.07) is 1.65. The van der Waals surface area contributed by atoms with Gasteiger partial charge in [0.1, 0.15) is 5.69 Å². The molecular formula is C13H20N4O. The van der Waals surface area contributed by atoms with E-state index in [2.05, 4.69) is 20.2 Å². The standard InChI is InChI=1S/C13H20N4O/c1-13(2,3)16-11(18)10-6-7-14-12(15-10)17-8-4-5-9-17/h6-7H,4-5,8-9H2,1-3H3,(H,16,18). The minimum atomic E-state index is -0.254. The summed E-state index contributed by atoms with van der Waals surface area (Å²) in [6.07, 6.45) is 3.99. The summed E-state index contributed by atoms with van der Waals surface area (Å²) in [5, 5.41) is 2.91. The average molecular weight is 248 g/mol. The minimum Gasteiger partial charge on any atom is -0.346 e. The van der Waals surface area contributed by atoms with Crippen LogP contribution in [0, 0.1) is 0 Å². The zero-order valence-corrected chi connectivity index (χ0v) is 11.2. The maximum absolute atomic E-state index is 12.0. The molecule has 1 N–H and O–H groups in total. The van der Waals surface area contributed by atoms with Crippen LogP contribution in [0.5, 0.6) is 0 Å². The van der Waals surface area contributed by atoms with Gasteiger partial charge in [0.25, 0.3) is 5.91 Å². The van der Waals surface area contributed by atoms with Crippen molar-refractivity contribution >= 4 is 11.9 Å². The molecule has 1 aliphatic heterocycles. The molecular weight excluding hydrogens is 228 g/mol. The number of amides is 1. The van der Waals surface area contributed by atoms with Gasteiger partial charge < -0.3 is 10.2 Å². The van der Waals surface area contributed by atoms with E-state index in [0.717, 1.165) is 13.1 Å². The first-order chi connectivity index (χ1) is 8.46. The maximum atomic E-state index is 12.0. The Morgan fingerprint density at radius 2 is 2.00 bits per heavy atom. The molecule has 18 heavy (non-hydrogen) atoms. The molecule has 0 aromatic carbocycles. The van der Waals surface area contributed by atoms with Crippen LogP contribution in [-0.2, 0) is 0 Å². The Bertz CT molecular complexity index is 433. The fourth-order valence-electron chi connectivity index (χ4n) is 1.95. The Labute approximate surface area is 108 Å². The highest BCUT2D eigenvalue weighted by molar-refractivity contribution is 5.92. The third-order valence-corrected chi connectivity index (χ3v) is 2.75. The second-order valence-corrected chi connectivity index (χ2v) is 5.64. The first kappa shape index (κ1) is 12.8. The molecule has 0 saturated carbocycles. The maximum Gasteiger partial charge on any atom is 0.270 e. The molecule has 0 atom stereocenters. The highest BCUT2D eigenvalue weighted by atomic mass is 16.2. The molecule has 1 aliphatic rings. The Balaban J connectivity index is 2.14. The number of rotatable bonds is 2. The normalized spacial score (nSPS) is 15.8. The minimum absolute atomic E-state index is 0.148. The smallest absolute Gasteiger partial charge is 0.270 e. The van der Waals surface area contributed by atoms with Crippen molar-refractivity contribution in [1.29, 1.82) is 0 Å². The SMILES string of the molecule is CC(C)(C)NC(=O)c1ccnc(N2CCCC2)n1. The first-order valence-corrected chi connectivity index (χ1v) is 6.36. The van der Waals surface area contributed by atoms with Crippen molar-refractivity contribution in [2.45, 2.75) is 39.2 Å². The molecule has 5 heteroatoms. The fraction of sp³-hybridized carbons (Fsp3) is 0.615. The van der Waals surface area contributed by atoms with Gasteiger partial charge in [0.2, 0.25) is 5.95 Å².